The zero-order valence-electron chi connectivity index (χ0n) is 9.50. The van der Waals surface area contributed by atoms with E-state index in [1.165, 1.54) is 0 Å². The molecule has 0 saturated carbocycles. The van der Waals surface area contributed by atoms with Crippen LogP contribution in [0.3, 0.4) is 0 Å². The van der Waals surface area contributed by atoms with Crippen molar-refractivity contribution in [2.24, 2.45) is 5.73 Å². The maximum Gasteiger partial charge on any atom is 0.220 e. The normalized spacial score (nSPS) is 22.7. The lowest BCUT2D eigenvalue weighted by molar-refractivity contribution is -0.122. The lowest BCUT2D eigenvalue weighted by atomic mass is 10.1. The second-order valence-corrected chi connectivity index (χ2v) is 4.08. The number of nitrogens with one attached hydrogen (secondary N) is 1. The molecule has 15 heavy (non-hydrogen) atoms. The Morgan fingerprint density at radius 2 is 2.47 bits per heavy atom. The van der Waals surface area contributed by atoms with E-state index in [9.17, 15) is 4.79 Å². The second kappa shape index (κ2) is 6.80. The summed E-state index contributed by atoms with van der Waals surface area (Å²) in [5.41, 5.74) is 5.51. The highest BCUT2D eigenvalue weighted by molar-refractivity contribution is 5.76. The monoisotopic (exact) mass is 214 g/mol. The Hall–Kier alpha value is -0.610. The highest BCUT2D eigenvalue weighted by Crippen LogP contribution is 2.16. The van der Waals surface area contributed by atoms with Gasteiger partial charge in [-0.05, 0) is 25.7 Å². The average Bonchev–Trinajstić information content (AvgIpc) is 2.75. The lowest BCUT2D eigenvalue weighted by Gasteiger charge is -2.15. The molecule has 0 aromatic heterocycles. The molecule has 4 nitrogen and oxygen atoms in total. The molecule has 0 bridgehead atoms. The molecule has 0 aliphatic carbocycles. The van der Waals surface area contributed by atoms with Crippen LogP contribution in [0.1, 0.15) is 39.0 Å². The van der Waals surface area contributed by atoms with Gasteiger partial charge in [0.2, 0.25) is 5.91 Å². The number of amides is 1. The minimum Gasteiger partial charge on any atom is -0.378 e. The summed E-state index contributed by atoms with van der Waals surface area (Å²) < 4.78 is 5.46. The van der Waals surface area contributed by atoms with Crippen LogP contribution in [0.15, 0.2) is 0 Å². The summed E-state index contributed by atoms with van der Waals surface area (Å²) in [5, 5.41) is 2.92. The van der Waals surface area contributed by atoms with E-state index in [2.05, 4.69) is 5.32 Å². The molecule has 1 aliphatic rings. The quantitative estimate of drug-likeness (QED) is 0.687. The zero-order chi connectivity index (χ0) is 11.1. The van der Waals surface area contributed by atoms with E-state index in [4.69, 9.17) is 10.5 Å². The minimum atomic E-state index is 0.0998. The molecule has 1 saturated heterocycles. The number of carbonyl (C=O) groups excluding carboxylic acids is 1. The third-order valence-electron chi connectivity index (χ3n) is 2.86. The molecule has 1 fully saturated rings. The predicted octanol–water partition coefficient (Wildman–Crippen LogP) is 0.799. The first kappa shape index (κ1) is 12.5. The first-order chi connectivity index (χ1) is 7.26. The Morgan fingerprint density at radius 1 is 1.67 bits per heavy atom. The summed E-state index contributed by atoms with van der Waals surface area (Å²) in [4.78, 5) is 11.5. The van der Waals surface area contributed by atoms with Crippen LogP contribution in [-0.4, -0.2) is 31.2 Å². The second-order valence-electron chi connectivity index (χ2n) is 4.08. The standard InChI is InChI=1S/C11H22N2O2/c1-2-9(8-12)13-11(14)6-5-10-4-3-7-15-10/h9-10H,2-8,12H2,1H3,(H,13,14). The van der Waals surface area contributed by atoms with Crippen LogP contribution in [0.2, 0.25) is 0 Å². The van der Waals surface area contributed by atoms with Gasteiger partial charge in [0.15, 0.2) is 0 Å². The number of nitrogens with two attached hydrogens (primary N) is 1. The van der Waals surface area contributed by atoms with Crippen LogP contribution >= 0.6 is 0 Å². The van der Waals surface area contributed by atoms with Gasteiger partial charge in [-0.2, -0.15) is 0 Å². The molecule has 4 heteroatoms. The molecular weight excluding hydrogens is 192 g/mol. The van der Waals surface area contributed by atoms with Crippen molar-refractivity contribution >= 4 is 5.91 Å². The van der Waals surface area contributed by atoms with Gasteiger partial charge < -0.3 is 15.8 Å². The Bertz CT molecular complexity index is 187. The van der Waals surface area contributed by atoms with Crippen LogP contribution in [0.5, 0.6) is 0 Å². The molecule has 3 N–H and O–H groups in total. The third kappa shape index (κ3) is 4.62. The number of ether oxygens (including phenoxy) is 1. The Labute approximate surface area is 91.5 Å². The third-order valence-corrected chi connectivity index (χ3v) is 2.86. The van der Waals surface area contributed by atoms with Crippen molar-refractivity contribution in [2.45, 2.75) is 51.2 Å². The fourth-order valence-electron chi connectivity index (χ4n) is 1.79. The van der Waals surface area contributed by atoms with Gasteiger partial charge in [-0.3, -0.25) is 4.79 Å². The average molecular weight is 214 g/mol. The Morgan fingerprint density at radius 3 is 3.00 bits per heavy atom. The summed E-state index contributed by atoms with van der Waals surface area (Å²) in [7, 11) is 0. The molecule has 88 valence electrons. The van der Waals surface area contributed by atoms with Crippen LogP contribution in [0.25, 0.3) is 0 Å². The summed E-state index contributed by atoms with van der Waals surface area (Å²) >= 11 is 0. The molecule has 2 unspecified atom stereocenters. The van der Waals surface area contributed by atoms with Gasteiger partial charge in [0.05, 0.1) is 6.10 Å². The Balaban J connectivity index is 2.11. The maximum absolute atomic E-state index is 11.5. The van der Waals surface area contributed by atoms with E-state index in [1.54, 1.807) is 0 Å². The van der Waals surface area contributed by atoms with Crippen LogP contribution in [-0.2, 0) is 9.53 Å². The van der Waals surface area contributed by atoms with E-state index in [0.29, 0.717) is 19.1 Å². The number of hydrogen-bond donors (Lipinski definition) is 2. The molecule has 2 atom stereocenters. The molecule has 0 aromatic carbocycles. The first-order valence-electron chi connectivity index (χ1n) is 5.87. The van der Waals surface area contributed by atoms with Crippen molar-refractivity contribution in [3.8, 4) is 0 Å². The van der Waals surface area contributed by atoms with Gasteiger partial charge >= 0.3 is 0 Å². The fourth-order valence-corrected chi connectivity index (χ4v) is 1.79. The lowest BCUT2D eigenvalue weighted by Crippen LogP contribution is -2.39. The number of hydrogen-bond acceptors (Lipinski definition) is 3. The predicted molar refractivity (Wildman–Crippen MR) is 59.5 cm³/mol. The molecular formula is C11H22N2O2. The van der Waals surface area contributed by atoms with Crippen molar-refractivity contribution in [2.75, 3.05) is 13.2 Å². The highest BCUT2D eigenvalue weighted by atomic mass is 16.5. The highest BCUT2D eigenvalue weighted by Gasteiger charge is 2.17. The summed E-state index contributed by atoms with van der Waals surface area (Å²) in [5.74, 6) is 0.0998. The van der Waals surface area contributed by atoms with Gasteiger partial charge in [-0.1, -0.05) is 6.92 Å². The summed E-state index contributed by atoms with van der Waals surface area (Å²) in [6.45, 7) is 3.40. The number of carbonyl (C=O) groups is 1. The molecule has 1 rings (SSSR count). The van der Waals surface area contributed by atoms with E-state index in [0.717, 1.165) is 32.3 Å². The first-order valence-corrected chi connectivity index (χ1v) is 5.87. The van der Waals surface area contributed by atoms with E-state index in [1.807, 2.05) is 6.92 Å². The van der Waals surface area contributed by atoms with Crippen LogP contribution < -0.4 is 11.1 Å². The fraction of sp³-hybridized carbons (Fsp3) is 0.909. The Kier molecular flexibility index (Phi) is 5.65. The maximum atomic E-state index is 11.5. The van der Waals surface area contributed by atoms with Crippen molar-refractivity contribution in [3.63, 3.8) is 0 Å². The van der Waals surface area contributed by atoms with E-state index in [-0.39, 0.29) is 11.9 Å². The molecule has 0 radical (unpaired) electrons. The topological polar surface area (TPSA) is 64.3 Å². The van der Waals surface area contributed by atoms with Crippen LogP contribution in [0, 0.1) is 0 Å². The van der Waals surface area contributed by atoms with E-state index < -0.39 is 0 Å². The van der Waals surface area contributed by atoms with E-state index >= 15 is 0 Å². The molecule has 0 spiro atoms. The zero-order valence-corrected chi connectivity index (χ0v) is 9.50. The van der Waals surface area contributed by atoms with Crippen LogP contribution in [0.4, 0.5) is 0 Å². The summed E-state index contributed by atoms with van der Waals surface area (Å²) in [6, 6.07) is 0.127. The van der Waals surface area contributed by atoms with Gasteiger partial charge in [0.1, 0.15) is 0 Å². The van der Waals surface area contributed by atoms with Gasteiger partial charge in [-0.15, -0.1) is 0 Å². The van der Waals surface area contributed by atoms with Crippen molar-refractivity contribution in [1.82, 2.24) is 5.32 Å². The molecule has 1 amide bonds. The van der Waals surface area contributed by atoms with Crippen molar-refractivity contribution in [1.29, 1.82) is 0 Å². The van der Waals surface area contributed by atoms with Gasteiger partial charge in [0, 0.05) is 25.6 Å². The van der Waals surface area contributed by atoms with Gasteiger partial charge in [0.25, 0.3) is 0 Å². The largest absolute Gasteiger partial charge is 0.378 e. The van der Waals surface area contributed by atoms with Crippen molar-refractivity contribution < 1.29 is 9.53 Å². The SMILES string of the molecule is CCC(CN)NC(=O)CCC1CCCO1. The molecule has 0 aromatic rings. The molecule has 1 aliphatic heterocycles. The summed E-state index contributed by atoms with van der Waals surface area (Å²) in [6.07, 6.45) is 4.82. The van der Waals surface area contributed by atoms with Gasteiger partial charge in [-0.25, -0.2) is 0 Å². The smallest absolute Gasteiger partial charge is 0.220 e. The number of rotatable bonds is 6. The molecule has 1 heterocycles. The minimum absolute atomic E-state index is 0.0998. The van der Waals surface area contributed by atoms with Crippen molar-refractivity contribution in [3.05, 3.63) is 0 Å².